The summed E-state index contributed by atoms with van der Waals surface area (Å²) in [5, 5.41) is 8.24. The highest BCUT2D eigenvalue weighted by molar-refractivity contribution is 5.60. The highest BCUT2D eigenvalue weighted by atomic mass is 16.5. The molecule has 3 rings (SSSR count). The number of rotatable bonds is 4. The Morgan fingerprint density at radius 1 is 1.05 bits per heavy atom. The molecule has 0 saturated heterocycles. The number of nitrogens with two attached hydrogens (primary N) is 1. The van der Waals surface area contributed by atoms with E-state index in [0.717, 1.165) is 28.0 Å². The van der Waals surface area contributed by atoms with Crippen LogP contribution in [0.1, 0.15) is 11.1 Å². The van der Waals surface area contributed by atoms with Crippen LogP contribution in [0.2, 0.25) is 0 Å². The third-order valence-corrected chi connectivity index (χ3v) is 3.49. The minimum atomic E-state index is 0.464. The Balaban J connectivity index is 1.96. The van der Waals surface area contributed by atoms with Crippen molar-refractivity contribution in [3.8, 4) is 28.7 Å². The Bertz CT molecular complexity index is 796. The quantitative estimate of drug-likeness (QED) is 0.800. The van der Waals surface area contributed by atoms with Crippen LogP contribution in [0, 0.1) is 6.92 Å². The SMILES string of the molecule is COc1cc(-c2nnc(-c3cccc(CN)c3)o2)ccc1C. The standard InChI is InChI=1S/C17H17N3O2/c1-11-6-7-14(9-15(11)21-2)17-20-19-16(22-17)13-5-3-4-12(8-13)10-18/h3-9H,10,18H2,1-2H3. The van der Waals surface area contributed by atoms with Crippen LogP contribution in [0.4, 0.5) is 0 Å². The van der Waals surface area contributed by atoms with Gasteiger partial charge in [-0.1, -0.05) is 18.2 Å². The normalized spacial score (nSPS) is 10.7. The monoisotopic (exact) mass is 295 g/mol. The first kappa shape index (κ1) is 14.3. The minimum absolute atomic E-state index is 0.464. The zero-order valence-electron chi connectivity index (χ0n) is 12.5. The topological polar surface area (TPSA) is 74.2 Å². The molecule has 1 aromatic heterocycles. The predicted molar refractivity (Wildman–Crippen MR) is 84.4 cm³/mol. The van der Waals surface area contributed by atoms with Crippen LogP contribution < -0.4 is 10.5 Å². The maximum atomic E-state index is 5.78. The lowest BCUT2D eigenvalue weighted by Gasteiger charge is -2.05. The van der Waals surface area contributed by atoms with E-state index in [1.165, 1.54) is 0 Å². The summed E-state index contributed by atoms with van der Waals surface area (Å²) in [4.78, 5) is 0. The summed E-state index contributed by atoms with van der Waals surface area (Å²) in [6.07, 6.45) is 0. The molecule has 0 unspecified atom stereocenters. The molecule has 0 fully saturated rings. The molecule has 0 spiro atoms. The molecule has 5 heteroatoms. The molecular formula is C17H17N3O2. The number of nitrogens with zero attached hydrogens (tertiary/aromatic N) is 2. The molecule has 0 aliphatic rings. The number of hydrogen-bond acceptors (Lipinski definition) is 5. The van der Waals surface area contributed by atoms with Gasteiger partial charge in [-0.3, -0.25) is 0 Å². The van der Waals surface area contributed by atoms with E-state index in [4.69, 9.17) is 14.9 Å². The number of benzene rings is 2. The second-order valence-corrected chi connectivity index (χ2v) is 5.00. The van der Waals surface area contributed by atoms with E-state index in [0.29, 0.717) is 18.3 Å². The maximum absolute atomic E-state index is 5.78. The average molecular weight is 295 g/mol. The summed E-state index contributed by atoms with van der Waals surface area (Å²) in [6.45, 7) is 2.46. The van der Waals surface area contributed by atoms with Crippen LogP contribution in [0.25, 0.3) is 22.9 Å². The maximum Gasteiger partial charge on any atom is 0.248 e. The number of aromatic nitrogens is 2. The molecule has 0 bridgehead atoms. The summed E-state index contributed by atoms with van der Waals surface area (Å²) in [7, 11) is 1.64. The van der Waals surface area contributed by atoms with Gasteiger partial charge in [0.05, 0.1) is 7.11 Å². The fourth-order valence-electron chi connectivity index (χ4n) is 2.24. The fraction of sp³-hybridized carbons (Fsp3) is 0.176. The number of aryl methyl sites for hydroxylation is 1. The second-order valence-electron chi connectivity index (χ2n) is 5.00. The highest BCUT2D eigenvalue weighted by Gasteiger charge is 2.12. The first-order valence-corrected chi connectivity index (χ1v) is 6.99. The predicted octanol–water partition coefficient (Wildman–Crippen LogP) is 3.18. The Hall–Kier alpha value is -2.66. The van der Waals surface area contributed by atoms with Crippen LogP contribution in [0.15, 0.2) is 46.9 Å². The first-order chi connectivity index (χ1) is 10.7. The molecule has 0 atom stereocenters. The molecule has 0 amide bonds. The molecule has 0 aliphatic heterocycles. The lowest BCUT2D eigenvalue weighted by atomic mass is 10.1. The van der Waals surface area contributed by atoms with Gasteiger partial charge < -0.3 is 14.9 Å². The largest absolute Gasteiger partial charge is 0.496 e. The van der Waals surface area contributed by atoms with Gasteiger partial charge in [-0.2, -0.15) is 0 Å². The molecular weight excluding hydrogens is 278 g/mol. The summed E-state index contributed by atoms with van der Waals surface area (Å²) in [6, 6.07) is 13.6. The van der Waals surface area contributed by atoms with E-state index < -0.39 is 0 Å². The second kappa shape index (κ2) is 5.99. The molecule has 2 aromatic carbocycles. The Morgan fingerprint density at radius 2 is 1.77 bits per heavy atom. The van der Waals surface area contributed by atoms with Gasteiger partial charge in [0.15, 0.2) is 0 Å². The van der Waals surface area contributed by atoms with Crippen LogP contribution in [-0.4, -0.2) is 17.3 Å². The van der Waals surface area contributed by atoms with Crippen molar-refractivity contribution in [2.75, 3.05) is 7.11 Å². The van der Waals surface area contributed by atoms with E-state index in [-0.39, 0.29) is 0 Å². The Labute approximate surface area is 128 Å². The lowest BCUT2D eigenvalue weighted by Crippen LogP contribution is -1.95. The van der Waals surface area contributed by atoms with Crippen molar-refractivity contribution in [3.05, 3.63) is 53.6 Å². The Kier molecular flexibility index (Phi) is 3.89. The van der Waals surface area contributed by atoms with E-state index in [9.17, 15) is 0 Å². The van der Waals surface area contributed by atoms with E-state index in [1.54, 1.807) is 7.11 Å². The van der Waals surface area contributed by atoms with E-state index >= 15 is 0 Å². The molecule has 0 aliphatic carbocycles. The van der Waals surface area contributed by atoms with Gasteiger partial charge >= 0.3 is 0 Å². The summed E-state index contributed by atoms with van der Waals surface area (Å²) < 4.78 is 11.1. The summed E-state index contributed by atoms with van der Waals surface area (Å²) in [5.41, 5.74) is 9.43. The fourth-order valence-corrected chi connectivity index (χ4v) is 2.24. The molecule has 112 valence electrons. The Morgan fingerprint density at radius 3 is 2.45 bits per heavy atom. The zero-order valence-corrected chi connectivity index (χ0v) is 12.5. The van der Waals surface area contributed by atoms with Crippen molar-refractivity contribution in [3.63, 3.8) is 0 Å². The first-order valence-electron chi connectivity index (χ1n) is 6.99. The van der Waals surface area contributed by atoms with Gasteiger partial charge in [0.1, 0.15) is 5.75 Å². The van der Waals surface area contributed by atoms with Gasteiger partial charge in [-0.15, -0.1) is 10.2 Å². The number of ether oxygens (including phenoxy) is 1. The van der Waals surface area contributed by atoms with Crippen molar-refractivity contribution >= 4 is 0 Å². The third-order valence-electron chi connectivity index (χ3n) is 3.49. The summed E-state index contributed by atoms with van der Waals surface area (Å²) in [5.74, 6) is 1.73. The lowest BCUT2D eigenvalue weighted by molar-refractivity contribution is 0.411. The van der Waals surface area contributed by atoms with Crippen molar-refractivity contribution in [1.82, 2.24) is 10.2 Å². The molecule has 1 heterocycles. The van der Waals surface area contributed by atoms with Gasteiger partial charge in [0.25, 0.3) is 0 Å². The molecule has 22 heavy (non-hydrogen) atoms. The molecule has 0 radical (unpaired) electrons. The van der Waals surface area contributed by atoms with Crippen LogP contribution in [-0.2, 0) is 6.54 Å². The van der Waals surface area contributed by atoms with Crippen molar-refractivity contribution in [2.45, 2.75) is 13.5 Å². The number of methoxy groups -OCH3 is 1. The van der Waals surface area contributed by atoms with Gasteiger partial charge in [0.2, 0.25) is 11.8 Å². The average Bonchev–Trinajstić information content (AvgIpc) is 3.05. The molecule has 3 aromatic rings. The minimum Gasteiger partial charge on any atom is -0.496 e. The number of hydrogen-bond donors (Lipinski definition) is 1. The van der Waals surface area contributed by atoms with Crippen LogP contribution >= 0.6 is 0 Å². The smallest absolute Gasteiger partial charge is 0.248 e. The van der Waals surface area contributed by atoms with Crippen molar-refractivity contribution in [2.24, 2.45) is 5.73 Å². The third kappa shape index (κ3) is 2.71. The van der Waals surface area contributed by atoms with Gasteiger partial charge in [0, 0.05) is 17.7 Å². The highest BCUT2D eigenvalue weighted by Crippen LogP contribution is 2.28. The summed E-state index contributed by atoms with van der Waals surface area (Å²) >= 11 is 0. The van der Waals surface area contributed by atoms with E-state index in [1.807, 2.05) is 49.4 Å². The van der Waals surface area contributed by atoms with Crippen LogP contribution in [0.5, 0.6) is 5.75 Å². The zero-order chi connectivity index (χ0) is 15.5. The van der Waals surface area contributed by atoms with Crippen molar-refractivity contribution in [1.29, 1.82) is 0 Å². The molecule has 0 saturated carbocycles. The van der Waals surface area contributed by atoms with Crippen molar-refractivity contribution < 1.29 is 9.15 Å². The van der Waals surface area contributed by atoms with E-state index in [2.05, 4.69) is 10.2 Å². The van der Waals surface area contributed by atoms with Crippen LogP contribution in [0.3, 0.4) is 0 Å². The molecule has 2 N–H and O–H groups in total. The molecule has 5 nitrogen and oxygen atoms in total. The van der Waals surface area contributed by atoms with Gasteiger partial charge in [-0.25, -0.2) is 0 Å². The van der Waals surface area contributed by atoms with Gasteiger partial charge in [-0.05, 0) is 42.3 Å².